The summed E-state index contributed by atoms with van der Waals surface area (Å²) in [5, 5.41) is 17.8. The number of carboxylic acids is 1. The van der Waals surface area contributed by atoms with Crippen LogP contribution in [-0.2, 0) is 0 Å². The Labute approximate surface area is 105 Å². The van der Waals surface area contributed by atoms with Crippen LogP contribution in [0.4, 0.5) is 0 Å². The van der Waals surface area contributed by atoms with Crippen molar-refractivity contribution in [2.24, 2.45) is 0 Å². The lowest BCUT2D eigenvalue weighted by molar-refractivity contribution is 0.0699. The summed E-state index contributed by atoms with van der Waals surface area (Å²) in [5.74, 6) is -0.631. The number of hydrogen-bond donors (Lipinski definition) is 1. The van der Waals surface area contributed by atoms with Crippen molar-refractivity contribution in [1.82, 2.24) is 10.2 Å². The predicted octanol–water partition coefficient (Wildman–Crippen LogP) is 2.10. The van der Waals surface area contributed by atoms with Crippen LogP contribution in [0, 0.1) is 0 Å². The van der Waals surface area contributed by atoms with Crippen molar-refractivity contribution in [2.75, 3.05) is 4.61 Å². The maximum atomic E-state index is 11.0. The molecule has 0 aliphatic carbocycles. The van der Waals surface area contributed by atoms with E-state index in [1.54, 1.807) is 12.1 Å². The minimum atomic E-state index is -0.987. The number of fused-ring (bicyclic) bond motifs is 1. The molecule has 5 nitrogen and oxygen atoms in total. The molecule has 16 heavy (non-hydrogen) atoms. The molecular formula is C10H7IN2O3. The Balaban J connectivity index is 2.71. The van der Waals surface area contributed by atoms with Crippen LogP contribution in [0.5, 0.6) is 5.88 Å². The molecule has 2 rings (SSSR count). The molecule has 0 aliphatic heterocycles. The molecule has 0 spiro atoms. The number of ether oxygens (including phenoxy) is 1. The molecule has 1 heterocycles. The highest BCUT2D eigenvalue weighted by atomic mass is 127. The molecule has 0 unspecified atom stereocenters. The molecule has 1 aromatic carbocycles. The Hall–Kier alpha value is -1.44. The first-order chi connectivity index (χ1) is 7.74. The fraction of sp³-hybridized carbons (Fsp3) is 0.100. The lowest BCUT2D eigenvalue weighted by Crippen LogP contribution is -2.00. The molecular weight excluding hydrogens is 323 g/mol. The van der Waals surface area contributed by atoms with Crippen molar-refractivity contribution in [2.45, 2.75) is 0 Å². The number of alkyl halides is 1. The Morgan fingerprint density at radius 3 is 2.94 bits per heavy atom. The molecule has 0 atom stereocenters. The zero-order valence-corrected chi connectivity index (χ0v) is 10.2. The molecule has 82 valence electrons. The van der Waals surface area contributed by atoms with Crippen LogP contribution in [-0.4, -0.2) is 25.9 Å². The van der Waals surface area contributed by atoms with Gasteiger partial charge in [0.2, 0.25) is 5.88 Å². The van der Waals surface area contributed by atoms with Gasteiger partial charge in [-0.25, -0.2) is 4.79 Å². The summed E-state index contributed by atoms with van der Waals surface area (Å²) in [6.45, 7) is 0. The van der Waals surface area contributed by atoms with Gasteiger partial charge in [-0.1, -0.05) is 6.07 Å². The van der Waals surface area contributed by atoms with Crippen LogP contribution in [0.3, 0.4) is 0 Å². The zero-order valence-electron chi connectivity index (χ0n) is 8.05. The first-order valence-corrected chi connectivity index (χ1v) is 5.93. The summed E-state index contributed by atoms with van der Waals surface area (Å²) >= 11 is 2.04. The molecule has 0 saturated carbocycles. The fourth-order valence-corrected chi connectivity index (χ4v) is 1.72. The zero-order chi connectivity index (χ0) is 11.5. The third-order valence-corrected chi connectivity index (χ3v) is 2.41. The summed E-state index contributed by atoms with van der Waals surface area (Å²) in [6, 6.07) is 4.95. The van der Waals surface area contributed by atoms with Crippen molar-refractivity contribution in [3.63, 3.8) is 0 Å². The lowest BCUT2D eigenvalue weighted by Gasteiger charge is -2.05. The van der Waals surface area contributed by atoms with Crippen LogP contribution in [0.15, 0.2) is 24.4 Å². The summed E-state index contributed by atoms with van der Waals surface area (Å²) in [5.41, 5.74) is 0.200. The van der Waals surface area contributed by atoms with Gasteiger partial charge in [-0.05, 0) is 34.7 Å². The number of carbonyl (C=O) groups is 1. The van der Waals surface area contributed by atoms with E-state index in [0.717, 1.165) is 0 Å². The van der Waals surface area contributed by atoms with Gasteiger partial charge in [0.1, 0.15) is 4.61 Å². The van der Waals surface area contributed by atoms with Gasteiger partial charge in [0.15, 0.2) is 0 Å². The number of aromatic nitrogens is 2. The van der Waals surface area contributed by atoms with Crippen molar-refractivity contribution in [3.8, 4) is 5.88 Å². The smallest absolute Gasteiger partial charge is 0.336 e. The van der Waals surface area contributed by atoms with Gasteiger partial charge in [-0.2, -0.15) is 5.10 Å². The molecule has 1 N–H and O–H groups in total. The summed E-state index contributed by atoms with van der Waals surface area (Å²) in [7, 11) is 0. The molecule has 2 aromatic rings. The van der Waals surface area contributed by atoms with E-state index in [1.807, 2.05) is 22.6 Å². The number of aromatic carboxylic acids is 1. The third-order valence-electron chi connectivity index (χ3n) is 2.09. The SMILES string of the molecule is O=C(O)c1cccc2c(OCI)nncc12. The van der Waals surface area contributed by atoms with Gasteiger partial charge in [0, 0.05) is 10.8 Å². The highest BCUT2D eigenvalue weighted by molar-refractivity contribution is 14.1. The standard InChI is InChI=1S/C10H7IN2O3/c11-5-16-9-6-2-1-3-7(10(14)15)8(6)4-12-13-9/h1-4H,5H2,(H,14,15). The van der Waals surface area contributed by atoms with E-state index >= 15 is 0 Å². The number of halogens is 1. The highest BCUT2D eigenvalue weighted by Crippen LogP contribution is 2.25. The summed E-state index contributed by atoms with van der Waals surface area (Å²) in [6.07, 6.45) is 1.43. The summed E-state index contributed by atoms with van der Waals surface area (Å²) in [4.78, 5) is 11.0. The lowest BCUT2D eigenvalue weighted by atomic mass is 10.1. The van der Waals surface area contributed by atoms with E-state index in [4.69, 9.17) is 9.84 Å². The average molecular weight is 330 g/mol. The van der Waals surface area contributed by atoms with Gasteiger partial charge in [-0.15, -0.1) is 5.10 Å². The number of rotatable bonds is 3. The van der Waals surface area contributed by atoms with Crippen LogP contribution in [0.1, 0.15) is 10.4 Å². The fourth-order valence-electron chi connectivity index (χ4n) is 1.43. The molecule has 0 saturated heterocycles. The number of hydrogen-bond acceptors (Lipinski definition) is 4. The minimum absolute atomic E-state index is 0.200. The van der Waals surface area contributed by atoms with Gasteiger partial charge in [-0.3, -0.25) is 0 Å². The molecule has 0 radical (unpaired) electrons. The van der Waals surface area contributed by atoms with Crippen LogP contribution < -0.4 is 4.74 Å². The Morgan fingerprint density at radius 2 is 2.25 bits per heavy atom. The third kappa shape index (κ3) is 1.92. The van der Waals surface area contributed by atoms with Crippen LogP contribution >= 0.6 is 22.6 Å². The predicted molar refractivity (Wildman–Crippen MR) is 66.0 cm³/mol. The molecule has 0 amide bonds. The van der Waals surface area contributed by atoms with Crippen LogP contribution in [0.25, 0.3) is 10.8 Å². The van der Waals surface area contributed by atoms with Gasteiger partial charge in [0.05, 0.1) is 11.8 Å². The number of benzene rings is 1. The second-order valence-corrected chi connectivity index (χ2v) is 3.60. The quantitative estimate of drug-likeness (QED) is 0.689. The largest absolute Gasteiger partial charge is 0.478 e. The van der Waals surface area contributed by atoms with E-state index in [0.29, 0.717) is 21.3 Å². The molecule has 0 fully saturated rings. The van der Waals surface area contributed by atoms with Crippen molar-refractivity contribution in [1.29, 1.82) is 0 Å². The van der Waals surface area contributed by atoms with E-state index < -0.39 is 5.97 Å². The molecule has 1 aromatic heterocycles. The normalized spacial score (nSPS) is 10.3. The van der Waals surface area contributed by atoms with Crippen molar-refractivity contribution < 1.29 is 14.6 Å². The highest BCUT2D eigenvalue weighted by Gasteiger charge is 2.11. The number of nitrogens with zero attached hydrogens (tertiary/aromatic N) is 2. The Kier molecular flexibility index (Phi) is 3.18. The molecule has 0 bridgehead atoms. The topological polar surface area (TPSA) is 72.3 Å². The number of carboxylic acid groups (broad SMARTS) is 1. The maximum Gasteiger partial charge on any atom is 0.336 e. The first kappa shape index (κ1) is 11.1. The van der Waals surface area contributed by atoms with E-state index in [2.05, 4.69) is 10.2 Å². The average Bonchev–Trinajstić information content (AvgIpc) is 2.29. The van der Waals surface area contributed by atoms with Crippen molar-refractivity contribution in [3.05, 3.63) is 30.0 Å². The van der Waals surface area contributed by atoms with E-state index in [-0.39, 0.29) is 5.56 Å². The van der Waals surface area contributed by atoms with Crippen LogP contribution in [0.2, 0.25) is 0 Å². The first-order valence-electron chi connectivity index (χ1n) is 4.40. The van der Waals surface area contributed by atoms with Gasteiger partial charge >= 0.3 is 5.97 Å². The van der Waals surface area contributed by atoms with E-state index in [9.17, 15) is 4.79 Å². The van der Waals surface area contributed by atoms with Gasteiger partial charge < -0.3 is 9.84 Å². The maximum absolute atomic E-state index is 11.0. The monoisotopic (exact) mass is 330 g/mol. The second kappa shape index (κ2) is 4.60. The van der Waals surface area contributed by atoms with Crippen molar-refractivity contribution >= 4 is 39.3 Å². The van der Waals surface area contributed by atoms with Gasteiger partial charge in [0.25, 0.3) is 0 Å². The summed E-state index contributed by atoms with van der Waals surface area (Å²) < 4.78 is 5.71. The molecule has 6 heteroatoms. The minimum Gasteiger partial charge on any atom is -0.478 e. The van der Waals surface area contributed by atoms with E-state index in [1.165, 1.54) is 12.3 Å². The Morgan fingerprint density at radius 1 is 1.44 bits per heavy atom. The molecule has 0 aliphatic rings. The second-order valence-electron chi connectivity index (χ2n) is 2.98. The Bertz CT molecular complexity index is 545.